The van der Waals surface area contributed by atoms with Gasteiger partial charge in [0.1, 0.15) is 5.82 Å². The van der Waals surface area contributed by atoms with Crippen molar-refractivity contribution >= 4 is 16.7 Å². The molecule has 1 aliphatic rings. The topological polar surface area (TPSA) is 40.6 Å². The fourth-order valence-electron chi connectivity index (χ4n) is 2.34. The molecule has 2 rings (SSSR count). The smallest absolute Gasteiger partial charge is 0.254 e. The van der Waals surface area contributed by atoms with Gasteiger partial charge in [-0.2, -0.15) is 0 Å². The van der Waals surface area contributed by atoms with Crippen LogP contribution in [0.5, 0.6) is 0 Å². The molecule has 0 N–H and O–H groups in total. The third kappa shape index (κ3) is 4.35. The molecule has 0 bridgehead atoms. The molecule has 1 amide bonds. The zero-order valence-electron chi connectivity index (χ0n) is 12.5. The Hall–Kier alpha value is -1.27. The first-order chi connectivity index (χ1) is 9.97. The molecule has 4 nitrogen and oxygen atoms in total. The summed E-state index contributed by atoms with van der Waals surface area (Å²) in [5, 5.41) is 0. The molecule has 1 fully saturated rings. The van der Waals surface area contributed by atoms with E-state index in [1.807, 2.05) is 0 Å². The van der Waals surface area contributed by atoms with Crippen molar-refractivity contribution in [2.24, 2.45) is 0 Å². The van der Waals surface area contributed by atoms with Crippen LogP contribution in [0, 0.1) is 12.7 Å². The minimum absolute atomic E-state index is 0.118. The molecule has 1 atom stereocenters. The van der Waals surface area contributed by atoms with Gasteiger partial charge in [0.25, 0.3) is 5.91 Å². The third-order valence-electron chi connectivity index (χ3n) is 3.77. The highest BCUT2D eigenvalue weighted by molar-refractivity contribution is 7.84. The van der Waals surface area contributed by atoms with Gasteiger partial charge in [0.2, 0.25) is 0 Å². The average Bonchev–Trinajstić information content (AvgIpc) is 2.48. The number of amides is 1. The molecule has 1 aromatic rings. The molecule has 0 unspecified atom stereocenters. The monoisotopic (exact) mass is 312 g/mol. The maximum atomic E-state index is 13.5. The fourth-order valence-corrected chi connectivity index (χ4v) is 2.86. The summed E-state index contributed by atoms with van der Waals surface area (Å²) in [5.41, 5.74) is 0.949. The summed E-state index contributed by atoms with van der Waals surface area (Å²) >= 11 is 0. The van der Waals surface area contributed by atoms with Crippen molar-refractivity contribution in [1.82, 2.24) is 9.80 Å². The largest absolute Gasteiger partial charge is 0.336 e. The highest BCUT2D eigenvalue weighted by atomic mass is 32.2. The molecular weight excluding hydrogens is 291 g/mol. The van der Waals surface area contributed by atoms with Gasteiger partial charge in [-0.3, -0.25) is 13.9 Å². The minimum atomic E-state index is -0.783. The molecule has 0 radical (unpaired) electrons. The van der Waals surface area contributed by atoms with Crippen LogP contribution in [0.4, 0.5) is 4.39 Å². The molecule has 1 aliphatic heterocycles. The van der Waals surface area contributed by atoms with E-state index in [0.29, 0.717) is 30.0 Å². The van der Waals surface area contributed by atoms with E-state index in [0.717, 1.165) is 19.6 Å². The summed E-state index contributed by atoms with van der Waals surface area (Å²) in [4.78, 5) is 16.3. The molecule has 0 spiro atoms. The van der Waals surface area contributed by atoms with Crippen LogP contribution in [0.3, 0.4) is 0 Å². The maximum absolute atomic E-state index is 13.5. The van der Waals surface area contributed by atoms with E-state index in [9.17, 15) is 13.4 Å². The lowest BCUT2D eigenvalue weighted by molar-refractivity contribution is 0.0644. The zero-order chi connectivity index (χ0) is 15.4. The van der Waals surface area contributed by atoms with Gasteiger partial charge >= 0.3 is 0 Å². The number of hydrogen-bond donors (Lipinski definition) is 0. The fraction of sp³-hybridized carbons (Fsp3) is 0.533. The summed E-state index contributed by atoms with van der Waals surface area (Å²) in [5.74, 6) is 0.203. The van der Waals surface area contributed by atoms with Crippen LogP contribution in [-0.4, -0.2) is 64.6 Å². The minimum Gasteiger partial charge on any atom is -0.336 e. The lowest BCUT2D eigenvalue weighted by atomic mass is 10.1. The highest BCUT2D eigenvalue weighted by Gasteiger charge is 2.22. The van der Waals surface area contributed by atoms with E-state index in [-0.39, 0.29) is 11.7 Å². The Morgan fingerprint density at radius 1 is 1.29 bits per heavy atom. The predicted octanol–water partition coefficient (Wildman–Crippen LogP) is 1.27. The van der Waals surface area contributed by atoms with Crippen molar-refractivity contribution in [1.29, 1.82) is 0 Å². The number of halogens is 1. The van der Waals surface area contributed by atoms with E-state index in [4.69, 9.17) is 0 Å². The molecule has 1 saturated heterocycles. The first-order valence-electron chi connectivity index (χ1n) is 7.05. The normalized spacial score (nSPS) is 17.8. The SMILES string of the molecule is Cc1ccc(C(=O)N2CCN(CC[S@](C)=O)CC2)cc1F. The average molecular weight is 312 g/mol. The number of nitrogens with zero attached hydrogens (tertiary/aromatic N) is 2. The number of benzene rings is 1. The van der Waals surface area contributed by atoms with Crippen LogP contribution in [-0.2, 0) is 10.8 Å². The molecule has 6 heteroatoms. The standard InChI is InChI=1S/C15H21FN2O2S/c1-12-3-4-13(11-14(12)16)15(19)18-7-5-17(6-8-18)9-10-21(2)20/h3-4,11H,5-10H2,1-2H3/t21-/m0/s1. The lowest BCUT2D eigenvalue weighted by Gasteiger charge is -2.34. The van der Waals surface area contributed by atoms with Gasteiger partial charge in [-0.1, -0.05) is 6.07 Å². The van der Waals surface area contributed by atoms with Gasteiger partial charge < -0.3 is 4.90 Å². The van der Waals surface area contributed by atoms with Crippen molar-refractivity contribution in [3.63, 3.8) is 0 Å². The van der Waals surface area contributed by atoms with Crippen LogP contribution in [0.25, 0.3) is 0 Å². The van der Waals surface area contributed by atoms with Crippen molar-refractivity contribution in [3.8, 4) is 0 Å². The van der Waals surface area contributed by atoms with Gasteiger partial charge in [0, 0.05) is 61.1 Å². The van der Waals surface area contributed by atoms with E-state index in [1.165, 1.54) is 6.07 Å². The van der Waals surface area contributed by atoms with Crippen LogP contribution < -0.4 is 0 Å². The Bertz CT molecular complexity index is 542. The summed E-state index contributed by atoms with van der Waals surface area (Å²) in [7, 11) is -0.783. The summed E-state index contributed by atoms with van der Waals surface area (Å²) in [6.45, 7) is 5.29. The Labute approximate surface area is 127 Å². The van der Waals surface area contributed by atoms with Crippen molar-refractivity contribution in [2.75, 3.05) is 44.7 Å². The lowest BCUT2D eigenvalue weighted by Crippen LogP contribution is -2.49. The van der Waals surface area contributed by atoms with Crippen LogP contribution in [0.1, 0.15) is 15.9 Å². The van der Waals surface area contributed by atoms with Gasteiger partial charge in [-0.25, -0.2) is 4.39 Å². The Kier molecular flexibility index (Phi) is 5.47. The highest BCUT2D eigenvalue weighted by Crippen LogP contribution is 2.13. The third-order valence-corrected chi connectivity index (χ3v) is 4.53. The number of carbonyl (C=O) groups excluding carboxylic acids is 1. The Morgan fingerprint density at radius 3 is 2.52 bits per heavy atom. The maximum Gasteiger partial charge on any atom is 0.254 e. The molecule has 1 heterocycles. The number of hydrogen-bond acceptors (Lipinski definition) is 3. The molecule has 1 aromatic carbocycles. The second kappa shape index (κ2) is 7.13. The number of carbonyl (C=O) groups is 1. The first-order valence-corrected chi connectivity index (χ1v) is 8.78. The van der Waals surface area contributed by atoms with Gasteiger partial charge in [0.15, 0.2) is 0 Å². The van der Waals surface area contributed by atoms with Gasteiger partial charge in [0.05, 0.1) is 0 Å². The molecule has 21 heavy (non-hydrogen) atoms. The number of piperazine rings is 1. The summed E-state index contributed by atoms with van der Waals surface area (Å²) < 4.78 is 24.6. The number of rotatable bonds is 4. The quantitative estimate of drug-likeness (QED) is 0.841. The summed E-state index contributed by atoms with van der Waals surface area (Å²) in [6.07, 6.45) is 1.70. The van der Waals surface area contributed by atoms with Crippen molar-refractivity contribution in [3.05, 3.63) is 35.1 Å². The van der Waals surface area contributed by atoms with Gasteiger partial charge in [-0.05, 0) is 24.6 Å². The van der Waals surface area contributed by atoms with Crippen molar-refractivity contribution in [2.45, 2.75) is 6.92 Å². The van der Waals surface area contributed by atoms with Gasteiger partial charge in [-0.15, -0.1) is 0 Å². The Balaban J connectivity index is 1.90. The molecule has 0 aliphatic carbocycles. The van der Waals surface area contributed by atoms with Crippen LogP contribution in [0.2, 0.25) is 0 Å². The van der Waals surface area contributed by atoms with Crippen LogP contribution in [0.15, 0.2) is 18.2 Å². The second-order valence-corrected chi connectivity index (χ2v) is 6.93. The van der Waals surface area contributed by atoms with Crippen molar-refractivity contribution < 1.29 is 13.4 Å². The Morgan fingerprint density at radius 2 is 1.95 bits per heavy atom. The first kappa shape index (κ1) is 16.1. The second-order valence-electron chi connectivity index (χ2n) is 5.38. The van der Waals surface area contributed by atoms with E-state index < -0.39 is 10.8 Å². The van der Waals surface area contributed by atoms with E-state index in [2.05, 4.69) is 4.90 Å². The molecular formula is C15H21FN2O2S. The van der Waals surface area contributed by atoms with Crippen LogP contribution >= 0.6 is 0 Å². The van der Waals surface area contributed by atoms with E-state index in [1.54, 1.807) is 30.2 Å². The van der Waals surface area contributed by atoms with E-state index >= 15 is 0 Å². The zero-order valence-corrected chi connectivity index (χ0v) is 13.3. The molecule has 0 aromatic heterocycles. The predicted molar refractivity (Wildman–Crippen MR) is 82.4 cm³/mol. The molecule has 116 valence electrons. The summed E-state index contributed by atoms with van der Waals surface area (Å²) in [6, 6.07) is 4.62. The molecule has 0 saturated carbocycles. The number of aryl methyl sites for hydroxylation is 1.